The van der Waals surface area contributed by atoms with Crippen molar-refractivity contribution in [3.63, 3.8) is 0 Å². The molecule has 0 radical (unpaired) electrons. The molecule has 3 rings (SSSR count). The molecule has 2 aromatic rings. The van der Waals surface area contributed by atoms with Gasteiger partial charge in [0.05, 0.1) is 12.2 Å². The molecule has 24 heavy (non-hydrogen) atoms. The number of ether oxygens (including phenoxy) is 1. The van der Waals surface area contributed by atoms with Gasteiger partial charge in [-0.25, -0.2) is 0 Å². The maximum Gasteiger partial charge on any atom is 0.573 e. The molecule has 0 saturated carbocycles. The Balaban J connectivity index is 2.05. The second kappa shape index (κ2) is 6.04. The number of phenolic OH excluding ortho intramolecular Hbond substituents is 1. The van der Waals surface area contributed by atoms with Crippen molar-refractivity contribution < 1.29 is 23.0 Å². The molecule has 0 aliphatic carbocycles. The van der Waals surface area contributed by atoms with Crippen LogP contribution in [-0.4, -0.2) is 24.2 Å². The monoisotopic (exact) mass is 337 g/mol. The minimum atomic E-state index is -4.73. The highest BCUT2D eigenvalue weighted by atomic mass is 19.4. The molecule has 0 unspecified atom stereocenters. The van der Waals surface area contributed by atoms with Crippen LogP contribution >= 0.6 is 0 Å². The Morgan fingerprint density at radius 3 is 2.58 bits per heavy atom. The minimum Gasteiger partial charge on any atom is -0.505 e. The summed E-state index contributed by atoms with van der Waals surface area (Å²) in [5, 5.41) is 13.3. The van der Waals surface area contributed by atoms with E-state index >= 15 is 0 Å². The van der Waals surface area contributed by atoms with Crippen molar-refractivity contribution in [1.29, 1.82) is 0 Å². The molecule has 1 heterocycles. The van der Waals surface area contributed by atoms with E-state index in [-0.39, 0.29) is 18.0 Å². The Labute approximate surface area is 135 Å². The van der Waals surface area contributed by atoms with Crippen LogP contribution in [0.25, 0.3) is 11.1 Å². The van der Waals surface area contributed by atoms with Crippen LogP contribution in [0.3, 0.4) is 0 Å². The fourth-order valence-electron chi connectivity index (χ4n) is 2.52. The highest BCUT2D eigenvalue weighted by Gasteiger charge is 2.31. The Morgan fingerprint density at radius 2 is 1.96 bits per heavy atom. The summed E-state index contributed by atoms with van der Waals surface area (Å²) in [7, 11) is 0. The van der Waals surface area contributed by atoms with Gasteiger partial charge in [0.1, 0.15) is 17.2 Å². The van der Waals surface area contributed by atoms with Crippen LogP contribution in [0.4, 0.5) is 24.5 Å². The average Bonchev–Trinajstić information content (AvgIpc) is 2.55. The van der Waals surface area contributed by atoms with E-state index in [0.717, 1.165) is 0 Å². The fourth-order valence-corrected chi connectivity index (χ4v) is 2.52. The minimum absolute atomic E-state index is 0.00303. The van der Waals surface area contributed by atoms with E-state index in [9.17, 15) is 18.3 Å². The van der Waals surface area contributed by atoms with Crippen LogP contribution in [-0.2, 0) is 6.54 Å². The maximum absolute atomic E-state index is 12.2. The molecule has 0 aromatic heterocycles. The van der Waals surface area contributed by atoms with E-state index in [1.165, 1.54) is 24.3 Å². The lowest BCUT2D eigenvalue weighted by molar-refractivity contribution is -0.274. The van der Waals surface area contributed by atoms with Crippen LogP contribution in [0.1, 0.15) is 5.56 Å². The topological polar surface area (TPSA) is 79.9 Å². The first kappa shape index (κ1) is 16.1. The Hall–Kier alpha value is -2.74. The highest BCUT2D eigenvalue weighted by molar-refractivity contribution is 5.94. The second-order valence-corrected chi connectivity index (χ2v) is 5.12. The molecule has 0 atom stereocenters. The molecule has 0 saturated heterocycles. The third-order valence-corrected chi connectivity index (χ3v) is 3.56. The van der Waals surface area contributed by atoms with E-state index in [0.29, 0.717) is 34.6 Å². The summed E-state index contributed by atoms with van der Waals surface area (Å²) >= 11 is 0. The molecule has 2 aromatic carbocycles. The van der Waals surface area contributed by atoms with Crippen molar-refractivity contribution in [3.05, 3.63) is 35.9 Å². The summed E-state index contributed by atoms with van der Waals surface area (Å²) in [6.07, 6.45) is -3.12. The molecule has 0 spiro atoms. The van der Waals surface area contributed by atoms with Gasteiger partial charge in [-0.2, -0.15) is 0 Å². The van der Waals surface area contributed by atoms with Crippen molar-refractivity contribution in [2.24, 2.45) is 10.7 Å². The zero-order chi connectivity index (χ0) is 17.3. The summed E-state index contributed by atoms with van der Waals surface area (Å²) in [4.78, 5) is 4.19. The van der Waals surface area contributed by atoms with Gasteiger partial charge < -0.3 is 20.9 Å². The van der Waals surface area contributed by atoms with Gasteiger partial charge in [0.2, 0.25) is 0 Å². The predicted molar refractivity (Wildman–Crippen MR) is 84.8 cm³/mol. The number of anilines is 1. The van der Waals surface area contributed by atoms with Crippen LogP contribution in [0.15, 0.2) is 35.3 Å². The molecule has 0 amide bonds. The van der Waals surface area contributed by atoms with Gasteiger partial charge in [-0.05, 0) is 23.8 Å². The molecule has 8 heteroatoms. The van der Waals surface area contributed by atoms with Crippen LogP contribution in [0, 0.1) is 0 Å². The Morgan fingerprint density at radius 1 is 1.25 bits per heavy atom. The number of halogens is 3. The average molecular weight is 337 g/mol. The lowest BCUT2D eigenvalue weighted by Gasteiger charge is -2.20. The van der Waals surface area contributed by atoms with Gasteiger partial charge in [0.25, 0.3) is 0 Å². The van der Waals surface area contributed by atoms with Crippen molar-refractivity contribution in [2.45, 2.75) is 12.9 Å². The lowest BCUT2D eigenvalue weighted by Crippen LogP contribution is -2.17. The normalized spacial score (nSPS) is 13.3. The molecular weight excluding hydrogens is 323 g/mol. The zero-order valence-electron chi connectivity index (χ0n) is 12.4. The highest BCUT2D eigenvalue weighted by Crippen LogP contribution is 2.45. The van der Waals surface area contributed by atoms with E-state index in [1.54, 1.807) is 12.3 Å². The molecule has 1 aliphatic rings. The number of benzene rings is 2. The Kier molecular flexibility index (Phi) is 4.06. The number of phenols is 1. The number of alkyl halides is 3. The van der Waals surface area contributed by atoms with E-state index in [1.807, 2.05) is 0 Å². The number of rotatable bonds is 3. The number of aromatic hydroxyl groups is 1. The number of nitrogens with zero attached hydrogens (tertiary/aromatic N) is 1. The fraction of sp³-hybridized carbons (Fsp3) is 0.188. The first-order valence-electron chi connectivity index (χ1n) is 7.10. The maximum atomic E-state index is 12.2. The van der Waals surface area contributed by atoms with Crippen molar-refractivity contribution in [2.75, 3.05) is 11.9 Å². The Bertz CT molecular complexity index is 787. The number of nitrogens with one attached hydrogen (secondary N) is 1. The van der Waals surface area contributed by atoms with Crippen LogP contribution in [0.2, 0.25) is 0 Å². The number of hydrogen-bond donors (Lipinski definition) is 3. The molecule has 4 N–H and O–H groups in total. The molecule has 126 valence electrons. The molecule has 5 nitrogen and oxygen atoms in total. The van der Waals surface area contributed by atoms with Crippen LogP contribution < -0.4 is 15.8 Å². The summed E-state index contributed by atoms with van der Waals surface area (Å²) < 4.78 is 40.6. The van der Waals surface area contributed by atoms with Crippen molar-refractivity contribution in [1.82, 2.24) is 0 Å². The molecule has 0 bridgehead atoms. The lowest BCUT2D eigenvalue weighted by atomic mass is 9.97. The van der Waals surface area contributed by atoms with Gasteiger partial charge >= 0.3 is 6.36 Å². The first-order valence-corrected chi connectivity index (χ1v) is 7.10. The van der Waals surface area contributed by atoms with Gasteiger partial charge in [-0.1, -0.05) is 12.1 Å². The summed E-state index contributed by atoms with van der Waals surface area (Å²) in [5.74, 6) is -0.305. The summed E-state index contributed by atoms with van der Waals surface area (Å²) in [5.41, 5.74) is 8.47. The predicted octanol–water partition coefficient (Wildman–Crippen LogP) is 3.54. The zero-order valence-corrected chi connectivity index (χ0v) is 12.4. The second-order valence-electron chi connectivity index (χ2n) is 5.12. The molecular formula is C16H14F3N3O2. The number of hydrogen-bond acceptors (Lipinski definition) is 5. The number of fused-ring (bicyclic) bond motifs is 1. The smallest absolute Gasteiger partial charge is 0.505 e. The van der Waals surface area contributed by atoms with E-state index in [4.69, 9.17) is 5.73 Å². The van der Waals surface area contributed by atoms with E-state index in [2.05, 4.69) is 15.0 Å². The van der Waals surface area contributed by atoms with Gasteiger partial charge in [0, 0.05) is 23.9 Å². The standard InChI is InChI=1S/C16H14F3N3O2/c17-16(18,19)24-11-3-1-9(2-4-11)12-7-10(8-20)15(23)14-13(12)21-5-6-22-14/h1-4,6-7,21,23H,5,8,20H2. The van der Waals surface area contributed by atoms with E-state index < -0.39 is 6.36 Å². The third kappa shape index (κ3) is 3.13. The van der Waals surface area contributed by atoms with Gasteiger partial charge in [0.15, 0.2) is 0 Å². The van der Waals surface area contributed by atoms with Crippen molar-refractivity contribution in [3.8, 4) is 22.6 Å². The molecule has 0 fully saturated rings. The summed E-state index contributed by atoms with van der Waals surface area (Å²) in [6, 6.07) is 7.18. The molecule has 1 aliphatic heterocycles. The summed E-state index contributed by atoms with van der Waals surface area (Å²) in [6.45, 7) is 0.591. The van der Waals surface area contributed by atoms with Crippen molar-refractivity contribution >= 4 is 17.6 Å². The number of aliphatic imine (C=N–C) groups is 1. The number of nitrogens with two attached hydrogens (primary N) is 1. The SMILES string of the molecule is NCc1cc(-c2ccc(OC(F)(F)F)cc2)c2c(c1O)N=CCN2. The van der Waals surface area contributed by atoms with Gasteiger partial charge in [-0.3, -0.25) is 4.99 Å². The largest absolute Gasteiger partial charge is 0.573 e. The van der Waals surface area contributed by atoms with Crippen LogP contribution in [0.5, 0.6) is 11.5 Å². The third-order valence-electron chi connectivity index (χ3n) is 3.56. The van der Waals surface area contributed by atoms with Gasteiger partial charge in [-0.15, -0.1) is 13.2 Å². The quantitative estimate of drug-likeness (QED) is 0.800. The first-order chi connectivity index (χ1) is 11.4.